The van der Waals surface area contributed by atoms with Gasteiger partial charge in [-0.3, -0.25) is 9.35 Å². The first-order chi connectivity index (χ1) is 29.6. The first kappa shape index (κ1) is 57.9. The quantitative estimate of drug-likeness (QED) is 0.0197. The summed E-state index contributed by atoms with van der Waals surface area (Å²) in [6.07, 6.45) is 35.4. The highest BCUT2D eigenvalue weighted by molar-refractivity contribution is 7.80. The van der Waals surface area contributed by atoms with Crippen LogP contribution in [0.3, 0.4) is 0 Å². The van der Waals surface area contributed by atoms with Crippen molar-refractivity contribution in [1.82, 2.24) is 0 Å². The predicted molar refractivity (Wildman–Crippen MR) is 244 cm³/mol. The summed E-state index contributed by atoms with van der Waals surface area (Å²) >= 11 is 0. The zero-order chi connectivity index (χ0) is 44.7. The molecule has 0 spiro atoms. The molecule has 0 aliphatic carbocycles. The average Bonchev–Trinajstić information content (AvgIpc) is 3.23. The van der Waals surface area contributed by atoms with Gasteiger partial charge in [0.05, 0.1) is 19.8 Å². The molecule has 0 aromatic carbocycles. The Morgan fingerprint density at radius 3 is 1.48 bits per heavy atom. The molecule has 1 aliphatic rings. The third kappa shape index (κ3) is 33.9. The Hall–Kier alpha value is -1.16. The number of hydrogen-bond donors (Lipinski definition) is 4. The molecular formula is C48H92O12S. The predicted octanol–water partition coefficient (Wildman–Crippen LogP) is 11.0. The lowest BCUT2D eigenvalue weighted by atomic mass is 9.99. The van der Waals surface area contributed by atoms with Crippen LogP contribution in [0, 0.1) is 0 Å². The van der Waals surface area contributed by atoms with Gasteiger partial charge in [-0.1, -0.05) is 193 Å². The second-order valence-corrected chi connectivity index (χ2v) is 18.5. The Morgan fingerprint density at radius 2 is 1.03 bits per heavy atom. The maximum atomic E-state index is 12.9. The van der Waals surface area contributed by atoms with Crippen LogP contribution in [-0.4, -0.2) is 97.5 Å². The SMILES string of the molecule is CCCCCCCCCC/C=C\CCCCCCCCCCCCCC(=O)OC(COCCCCCCCCCCCCC)COC1OC(CO)C(O)C(OS(=O)(=O)O)C1O. The second kappa shape index (κ2) is 40.4. The number of aliphatic hydroxyl groups excluding tert-OH is 3. The number of ether oxygens (including phenoxy) is 4. The van der Waals surface area contributed by atoms with E-state index in [1.807, 2.05) is 0 Å². The lowest BCUT2D eigenvalue weighted by Crippen LogP contribution is -2.60. The van der Waals surface area contributed by atoms with Crippen LogP contribution in [0.15, 0.2) is 12.2 Å². The van der Waals surface area contributed by atoms with Gasteiger partial charge in [-0.05, 0) is 38.5 Å². The highest BCUT2D eigenvalue weighted by Gasteiger charge is 2.48. The highest BCUT2D eigenvalue weighted by Crippen LogP contribution is 2.26. The Balaban J connectivity index is 2.31. The molecule has 1 saturated heterocycles. The monoisotopic (exact) mass is 893 g/mol. The van der Waals surface area contributed by atoms with Gasteiger partial charge in [0.15, 0.2) is 6.29 Å². The van der Waals surface area contributed by atoms with Crippen molar-refractivity contribution in [2.45, 2.75) is 263 Å². The minimum atomic E-state index is -5.06. The van der Waals surface area contributed by atoms with Gasteiger partial charge in [-0.2, -0.15) is 8.42 Å². The number of carbonyl (C=O) groups is 1. The zero-order valence-electron chi connectivity index (χ0n) is 38.7. The fourth-order valence-corrected chi connectivity index (χ4v) is 8.35. The molecule has 0 bridgehead atoms. The smallest absolute Gasteiger partial charge is 0.397 e. The fourth-order valence-electron chi connectivity index (χ4n) is 7.85. The van der Waals surface area contributed by atoms with Crippen LogP contribution in [0.4, 0.5) is 0 Å². The van der Waals surface area contributed by atoms with Gasteiger partial charge in [-0.15, -0.1) is 0 Å². The van der Waals surface area contributed by atoms with Crippen LogP contribution in [0.2, 0.25) is 0 Å². The molecule has 1 aliphatic heterocycles. The van der Waals surface area contributed by atoms with Crippen LogP contribution < -0.4 is 0 Å². The molecule has 6 unspecified atom stereocenters. The summed E-state index contributed by atoms with van der Waals surface area (Å²) in [7, 11) is -5.06. The first-order valence-electron chi connectivity index (χ1n) is 24.9. The van der Waals surface area contributed by atoms with Crippen LogP contribution in [0.5, 0.6) is 0 Å². The van der Waals surface area contributed by atoms with Crippen molar-refractivity contribution in [3.05, 3.63) is 12.2 Å². The van der Waals surface area contributed by atoms with Gasteiger partial charge in [0.2, 0.25) is 0 Å². The molecule has 1 fully saturated rings. The van der Waals surface area contributed by atoms with E-state index < -0.39 is 59.8 Å². The number of aliphatic hydroxyl groups is 3. The Bertz CT molecular complexity index is 1120. The molecule has 6 atom stereocenters. The van der Waals surface area contributed by atoms with Gasteiger partial charge in [-0.25, -0.2) is 4.18 Å². The van der Waals surface area contributed by atoms with E-state index in [9.17, 15) is 28.5 Å². The number of unbranched alkanes of at least 4 members (excludes halogenated alkanes) is 29. The zero-order valence-corrected chi connectivity index (χ0v) is 39.6. The summed E-state index contributed by atoms with van der Waals surface area (Å²) in [5.41, 5.74) is 0. The number of esters is 1. The average molecular weight is 893 g/mol. The standard InChI is InChI=1S/C48H92O12S/c1-3-5-7-9-11-13-15-16-17-18-19-20-21-22-23-24-25-26-27-29-31-33-35-37-44(50)58-42(40-56-38-36-34-32-30-28-14-12-10-8-6-4-2)41-57-48-46(52)47(60-61(53,54)55)45(51)43(39-49)59-48/h18-19,42-43,45-49,51-52H,3-17,20-41H2,1-2H3,(H,53,54,55)/b19-18-. The third-order valence-electron chi connectivity index (χ3n) is 11.6. The van der Waals surface area contributed by atoms with E-state index in [-0.39, 0.29) is 19.6 Å². The topological polar surface area (TPSA) is 178 Å². The molecule has 13 heteroatoms. The van der Waals surface area contributed by atoms with E-state index in [2.05, 4.69) is 30.2 Å². The lowest BCUT2D eigenvalue weighted by Gasteiger charge is -2.41. The van der Waals surface area contributed by atoms with E-state index in [0.29, 0.717) is 13.0 Å². The summed E-state index contributed by atoms with van der Waals surface area (Å²) < 4.78 is 59.1. The minimum absolute atomic E-state index is 0.0414. The van der Waals surface area contributed by atoms with Crippen molar-refractivity contribution in [2.24, 2.45) is 0 Å². The molecule has 4 N–H and O–H groups in total. The Morgan fingerprint density at radius 1 is 0.607 bits per heavy atom. The van der Waals surface area contributed by atoms with E-state index in [4.69, 9.17) is 23.5 Å². The summed E-state index contributed by atoms with van der Waals surface area (Å²) in [6, 6.07) is 0. The molecule has 0 saturated carbocycles. The van der Waals surface area contributed by atoms with Gasteiger partial charge in [0.25, 0.3) is 0 Å². The molecule has 12 nitrogen and oxygen atoms in total. The second-order valence-electron chi connectivity index (χ2n) is 17.4. The van der Waals surface area contributed by atoms with E-state index >= 15 is 0 Å². The largest absolute Gasteiger partial charge is 0.457 e. The van der Waals surface area contributed by atoms with E-state index in [1.165, 1.54) is 161 Å². The molecule has 362 valence electrons. The fraction of sp³-hybridized carbons (Fsp3) is 0.938. The van der Waals surface area contributed by atoms with Gasteiger partial charge in [0.1, 0.15) is 30.5 Å². The molecule has 0 radical (unpaired) electrons. The van der Waals surface area contributed by atoms with Crippen LogP contribution in [-0.2, 0) is 38.3 Å². The van der Waals surface area contributed by atoms with Crippen LogP contribution >= 0.6 is 0 Å². The molecule has 61 heavy (non-hydrogen) atoms. The summed E-state index contributed by atoms with van der Waals surface area (Å²) in [5.74, 6) is -0.396. The van der Waals surface area contributed by atoms with Gasteiger partial charge < -0.3 is 34.3 Å². The van der Waals surface area contributed by atoms with E-state index in [1.54, 1.807) is 0 Å². The minimum Gasteiger partial charge on any atom is -0.457 e. The lowest BCUT2D eigenvalue weighted by molar-refractivity contribution is -0.301. The third-order valence-corrected chi connectivity index (χ3v) is 12.1. The van der Waals surface area contributed by atoms with Crippen molar-refractivity contribution >= 4 is 16.4 Å². The van der Waals surface area contributed by atoms with Crippen molar-refractivity contribution in [3.8, 4) is 0 Å². The van der Waals surface area contributed by atoms with E-state index in [0.717, 1.165) is 38.5 Å². The summed E-state index contributed by atoms with van der Waals surface area (Å²) in [5, 5.41) is 30.7. The maximum absolute atomic E-state index is 12.9. The maximum Gasteiger partial charge on any atom is 0.397 e. The number of hydrogen-bond acceptors (Lipinski definition) is 11. The first-order valence-corrected chi connectivity index (χ1v) is 26.3. The molecule has 0 amide bonds. The number of carbonyl (C=O) groups excluding carboxylic acids is 1. The molecule has 0 aromatic heterocycles. The normalized spacial score (nSPS) is 20.1. The summed E-state index contributed by atoms with van der Waals surface area (Å²) in [4.78, 5) is 12.9. The molecule has 1 rings (SSSR count). The van der Waals surface area contributed by atoms with Crippen molar-refractivity contribution in [3.63, 3.8) is 0 Å². The Labute approximate surface area is 372 Å². The van der Waals surface area contributed by atoms with Gasteiger partial charge in [0, 0.05) is 13.0 Å². The Kier molecular flexibility index (Phi) is 38.3. The van der Waals surface area contributed by atoms with Crippen LogP contribution in [0.1, 0.15) is 226 Å². The molecule has 1 heterocycles. The number of rotatable bonds is 44. The molecular weight excluding hydrogens is 801 g/mol. The van der Waals surface area contributed by atoms with Crippen molar-refractivity contribution in [1.29, 1.82) is 0 Å². The van der Waals surface area contributed by atoms with Crippen LogP contribution in [0.25, 0.3) is 0 Å². The van der Waals surface area contributed by atoms with Crippen molar-refractivity contribution < 1.29 is 56.2 Å². The number of allylic oxidation sites excluding steroid dienone is 2. The summed E-state index contributed by atoms with van der Waals surface area (Å²) in [6.45, 7) is 4.02. The highest BCUT2D eigenvalue weighted by atomic mass is 32.3. The van der Waals surface area contributed by atoms with Gasteiger partial charge >= 0.3 is 16.4 Å². The van der Waals surface area contributed by atoms with Crippen molar-refractivity contribution in [2.75, 3.05) is 26.4 Å². The molecule has 0 aromatic rings.